The van der Waals surface area contributed by atoms with Crippen LogP contribution in [0.5, 0.6) is 0 Å². The van der Waals surface area contributed by atoms with E-state index in [9.17, 15) is 34.9 Å². The van der Waals surface area contributed by atoms with E-state index in [0.717, 1.165) is 4.90 Å². The zero-order valence-corrected chi connectivity index (χ0v) is 19.7. The van der Waals surface area contributed by atoms with Gasteiger partial charge in [0.05, 0.1) is 33.6 Å². The molecule has 0 aromatic heterocycles. The standard InChI is InChI=1S/C26H21N5O7/c32-24(16-6-10-19(11-7-16)30(35)36)22-15-14-21-23(26(34)28(25(21)33)18-4-2-1-3-5-18)29(22)27-17-8-12-20(13-9-17)31(37)38/h1-15,21-24,27,32H. The Morgan fingerprint density at radius 2 is 1.37 bits per heavy atom. The Bertz CT molecular complexity index is 1430. The highest BCUT2D eigenvalue weighted by Gasteiger charge is 2.54. The second-order valence-electron chi connectivity index (χ2n) is 8.81. The van der Waals surface area contributed by atoms with Crippen LogP contribution in [0.3, 0.4) is 0 Å². The first kappa shape index (κ1) is 24.7. The number of carbonyl (C=O) groups is 2. The molecule has 4 unspecified atom stereocenters. The summed E-state index contributed by atoms with van der Waals surface area (Å²) in [5, 5.41) is 34.9. The number of anilines is 2. The number of amides is 2. The number of imide groups is 1. The molecule has 3 aromatic carbocycles. The molecular weight excluding hydrogens is 494 g/mol. The number of nitro benzene ring substituents is 2. The molecule has 2 heterocycles. The fourth-order valence-corrected chi connectivity index (χ4v) is 4.70. The smallest absolute Gasteiger partial charge is 0.269 e. The van der Waals surface area contributed by atoms with E-state index in [1.807, 2.05) is 0 Å². The third-order valence-corrected chi connectivity index (χ3v) is 6.58. The van der Waals surface area contributed by atoms with Crippen LogP contribution in [0.15, 0.2) is 91.0 Å². The number of nitro groups is 2. The molecule has 0 bridgehead atoms. The Labute approximate surface area is 215 Å². The lowest BCUT2D eigenvalue weighted by Crippen LogP contribution is -2.55. The van der Waals surface area contributed by atoms with Crippen LogP contribution in [0, 0.1) is 26.1 Å². The summed E-state index contributed by atoms with van der Waals surface area (Å²) in [5.41, 5.74) is 3.95. The molecule has 2 aliphatic heterocycles. The molecule has 12 heteroatoms. The van der Waals surface area contributed by atoms with Gasteiger partial charge < -0.3 is 10.5 Å². The predicted molar refractivity (Wildman–Crippen MR) is 136 cm³/mol. The summed E-state index contributed by atoms with van der Waals surface area (Å²) in [4.78, 5) is 49.1. The number of para-hydroxylation sites is 1. The lowest BCUT2D eigenvalue weighted by molar-refractivity contribution is -0.385. The highest BCUT2D eigenvalue weighted by atomic mass is 16.6. The fourth-order valence-electron chi connectivity index (χ4n) is 4.70. The van der Waals surface area contributed by atoms with Gasteiger partial charge in [-0.05, 0) is 42.0 Å². The number of fused-ring (bicyclic) bond motifs is 1. The normalized spacial score (nSPS) is 21.7. The van der Waals surface area contributed by atoms with Crippen LogP contribution in [-0.4, -0.2) is 43.9 Å². The van der Waals surface area contributed by atoms with Gasteiger partial charge >= 0.3 is 0 Å². The van der Waals surface area contributed by atoms with E-state index in [-0.39, 0.29) is 11.4 Å². The third-order valence-electron chi connectivity index (χ3n) is 6.58. The van der Waals surface area contributed by atoms with Crippen molar-refractivity contribution in [1.29, 1.82) is 0 Å². The molecule has 4 atom stereocenters. The van der Waals surface area contributed by atoms with Crippen molar-refractivity contribution in [2.75, 3.05) is 10.3 Å². The van der Waals surface area contributed by atoms with Crippen molar-refractivity contribution in [3.8, 4) is 0 Å². The first-order valence-corrected chi connectivity index (χ1v) is 11.6. The number of nitrogens with one attached hydrogen (secondary N) is 1. The lowest BCUT2D eigenvalue weighted by Gasteiger charge is -2.40. The monoisotopic (exact) mass is 515 g/mol. The van der Waals surface area contributed by atoms with Crippen molar-refractivity contribution < 1.29 is 24.5 Å². The van der Waals surface area contributed by atoms with E-state index in [4.69, 9.17) is 0 Å². The van der Waals surface area contributed by atoms with Crippen LogP contribution in [0.4, 0.5) is 22.7 Å². The minimum atomic E-state index is -1.24. The van der Waals surface area contributed by atoms with Gasteiger partial charge in [-0.2, -0.15) is 0 Å². The number of aliphatic hydroxyl groups excluding tert-OH is 1. The average molecular weight is 515 g/mol. The van der Waals surface area contributed by atoms with Crippen molar-refractivity contribution in [1.82, 2.24) is 5.01 Å². The van der Waals surface area contributed by atoms with Crippen LogP contribution < -0.4 is 10.3 Å². The molecule has 2 amide bonds. The van der Waals surface area contributed by atoms with Crippen molar-refractivity contribution in [2.45, 2.75) is 18.2 Å². The maximum atomic E-state index is 13.7. The van der Waals surface area contributed by atoms with Gasteiger partial charge in [-0.3, -0.25) is 29.8 Å². The summed E-state index contributed by atoms with van der Waals surface area (Å²) in [5.74, 6) is -1.79. The number of carbonyl (C=O) groups excluding carboxylic acids is 2. The molecule has 38 heavy (non-hydrogen) atoms. The molecule has 12 nitrogen and oxygen atoms in total. The molecule has 0 aliphatic carbocycles. The predicted octanol–water partition coefficient (Wildman–Crippen LogP) is 3.36. The fraction of sp³-hybridized carbons (Fsp3) is 0.154. The zero-order valence-electron chi connectivity index (χ0n) is 19.7. The summed E-state index contributed by atoms with van der Waals surface area (Å²) >= 11 is 0. The first-order chi connectivity index (χ1) is 18.3. The number of nitrogens with zero attached hydrogens (tertiary/aromatic N) is 4. The molecule has 3 aromatic rings. The third kappa shape index (κ3) is 4.38. The van der Waals surface area contributed by atoms with E-state index in [1.165, 1.54) is 53.5 Å². The minimum absolute atomic E-state index is 0.128. The van der Waals surface area contributed by atoms with Gasteiger partial charge in [0.1, 0.15) is 6.04 Å². The maximum absolute atomic E-state index is 13.7. The summed E-state index contributed by atoms with van der Waals surface area (Å²) in [6.07, 6.45) is 1.94. The Hall–Kier alpha value is -4.94. The van der Waals surface area contributed by atoms with Gasteiger partial charge in [0.25, 0.3) is 17.3 Å². The zero-order chi connectivity index (χ0) is 27.0. The van der Waals surface area contributed by atoms with Crippen LogP contribution in [0.25, 0.3) is 0 Å². The Kier molecular flexibility index (Phi) is 6.41. The van der Waals surface area contributed by atoms with Gasteiger partial charge in [-0.1, -0.05) is 30.4 Å². The molecule has 0 spiro atoms. The quantitative estimate of drug-likeness (QED) is 0.208. The number of aliphatic hydroxyl groups is 1. The number of hydrogen-bond donors (Lipinski definition) is 2. The number of non-ortho nitro benzene ring substituents is 2. The summed E-state index contributed by atoms with van der Waals surface area (Å²) < 4.78 is 0. The van der Waals surface area contributed by atoms with Gasteiger partial charge in [0, 0.05) is 30.0 Å². The second kappa shape index (κ2) is 9.84. The topological polar surface area (TPSA) is 159 Å². The largest absolute Gasteiger partial charge is 0.386 e. The Morgan fingerprint density at radius 3 is 1.95 bits per heavy atom. The molecule has 1 saturated heterocycles. The number of rotatable bonds is 7. The average Bonchev–Trinajstić information content (AvgIpc) is 3.19. The summed E-state index contributed by atoms with van der Waals surface area (Å²) in [7, 11) is 0. The van der Waals surface area contributed by atoms with Crippen molar-refractivity contribution in [3.05, 3.63) is 117 Å². The molecular formula is C26H21N5O7. The SMILES string of the molecule is O=C1C2C=CC(C(O)c3ccc([N+](=O)[O-])cc3)N(Nc3ccc([N+](=O)[O-])cc3)C2C(=O)N1c1ccccc1. The number of benzene rings is 3. The number of hydrazine groups is 1. The number of hydrogen-bond acceptors (Lipinski definition) is 9. The van der Waals surface area contributed by atoms with Gasteiger partial charge in [0.2, 0.25) is 5.91 Å². The van der Waals surface area contributed by atoms with Crippen LogP contribution in [-0.2, 0) is 9.59 Å². The van der Waals surface area contributed by atoms with Crippen LogP contribution in [0.1, 0.15) is 11.7 Å². The highest BCUT2D eigenvalue weighted by Crippen LogP contribution is 2.38. The lowest BCUT2D eigenvalue weighted by atomic mass is 9.90. The molecule has 192 valence electrons. The molecule has 0 saturated carbocycles. The van der Waals surface area contributed by atoms with Crippen molar-refractivity contribution in [3.63, 3.8) is 0 Å². The first-order valence-electron chi connectivity index (χ1n) is 11.6. The maximum Gasteiger partial charge on any atom is 0.269 e. The molecule has 2 aliphatic rings. The highest BCUT2D eigenvalue weighted by molar-refractivity contribution is 6.24. The molecule has 0 radical (unpaired) electrons. The Balaban J connectivity index is 1.52. The summed E-state index contributed by atoms with van der Waals surface area (Å²) in [6, 6.07) is 17.4. The van der Waals surface area contributed by atoms with E-state index in [0.29, 0.717) is 16.9 Å². The van der Waals surface area contributed by atoms with Gasteiger partial charge in [-0.15, -0.1) is 0 Å². The van der Waals surface area contributed by atoms with Gasteiger partial charge in [-0.25, -0.2) is 9.91 Å². The second-order valence-corrected chi connectivity index (χ2v) is 8.81. The minimum Gasteiger partial charge on any atom is -0.386 e. The van der Waals surface area contributed by atoms with Crippen molar-refractivity contribution in [2.24, 2.45) is 5.92 Å². The van der Waals surface area contributed by atoms with Gasteiger partial charge in [0.15, 0.2) is 0 Å². The van der Waals surface area contributed by atoms with E-state index in [1.54, 1.807) is 42.5 Å². The van der Waals surface area contributed by atoms with Crippen LogP contribution >= 0.6 is 0 Å². The Morgan fingerprint density at radius 1 is 0.789 bits per heavy atom. The van der Waals surface area contributed by atoms with E-state index in [2.05, 4.69) is 5.43 Å². The van der Waals surface area contributed by atoms with Crippen molar-refractivity contribution >= 4 is 34.6 Å². The van der Waals surface area contributed by atoms with E-state index >= 15 is 0 Å². The van der Waals surface area contributed by atoms with Crippen LogP contribution in [0.2, 0.25) is 0 Å². The molecule has 2 N–H and O–H groups in total. The molecule has 5 rings (SSSR count). The summed E-state index contributed by atoms with van der Waals surface area (Å²) in [6.45, 7) is 0. The molecule has 1 fully saturated rings. The van der Waals surface area contributed by atoms with E-state index < -0.39 is 45.8 Å².